The lowest BCUT2D eigenvalue weighted by atomic mass is 9.95. The standard InChI is InChI=1S/C13H16ClNO3/c1-7-4-5-10(14)6-11(7)15-12(16)8(2)9(3)13(17)18/h4-6,8-9H,1-3H3,(H,15,16)(H,17,18). The van der Waals surface area contributed by atoms with Crippen molar-refractivity contribution in [2.75, 3.05) is 5.32 Å². The number of carboxylic acids is 1. The highest BCUT2D eigenvalue weighted by Crippen LogP contribution is 2.22. The van der Waals surface area contributed by atoms with Gasteiger partial charge >= 0.3 is 5.97 Å². The first kappa shape index (κ1) is 14.5. The summed E-state index contributed by atoms with van der Waals surface area (Å²) in [6, 6.07) is 5.17. The zero-order valence-corrected chi connectivity index (χ0v) is 11.3. The van der Waals surface area contributed by atoms with E-state index < -0.39 is 17.8 Å². The molecule has 1 aromatic rings. The van der Waals surface area contributed by atoms with Gasteiger partial charge in [-0.05, 0) is 24.6 Å². The maximum absolute atomic E-state index is 11.9. The molecule has 2 atom stereocenters. The van der Waals surface area contributed by atoms with Crippen molar-refractivity contribution < 1.29 is 14.7 Å². The van der Waals surface area contributed by atoms with Crippen molar-refractivity contribution in [3.05, 3.63) is 28.8 Å². The van der Waals surface area contributed by atoms with E-state index in [1.165, 1.54) is 6.92 Å². The van der Waals surface area contributed by atoms with E-state index in [0.717, 1.165) is 5.56 Å². The normalized spacial score (nSPS) is 13.8. The van der Waals surface area contributed by atoms with Crippen molar-refractivity contribution in [1.82, 2.24) is 0 Å². The molecule has 0 saturated carbocycles. The van der Waals surface area contributed by atoms with Crippen LogP contribution in [0.5, 0.6) is 0 Å². The van der Waals surface area contributed by atoms with Crippen molar-refractivity contribution in [3.8, 4) is 0 Å². The molecule has 0 saturated heterocycles. The average molecular weight is 270 g/mol. The van der Waals surface area contributed by atoms with Crippen molar-refractivity contribution in [2.24, 2.45) is 11.8 Å². The van der Waals surface area contributed by atoms with Crippen LogP contribution in [0.3, 0.4) is 0 Å². The minimum Gasteiger partial charge on any atom is -0.481 e. The third-order valence-corrected chi connectivity index (χ3v) is 3.25. The number of carboxylic acid groups (broad SMARTS) is 1. The zero-order chi connectivity index (χ0) is 13.9. The SMILES string of the molecule is Cc1ccc(Cl)cc1NC(=O)C(C)C(C)C(=O)O. The Kier molecular flexibility index (Phi) is 4.73. The van der Waals surface area contributed by atoms with Crippen LogP contribution in [-0.4, -0.2) is 17.0 Å². The maximum Gasteiger partial charge on any atom is 0.307 e. The smallest absolute Gasteiger partial charge is 0.307 e. The Morgan fingerprint density at radius 2 is 1.89 bits per heavy atom. The van der Waals surface area contributed by atoms with Gasteiger partial charge in [-0.1, -0.05) is 31.5 Å². The van der Waals surface area contributed by atoms with Crippen LogP contribution in [0.1, 0.15) is 19.4 Å². The Balaban J connectivity index is 2.81. The second-order valence-corrected chi connectivity index (χ2v) is 4.80. The van der Waals surface area contributed by atoms with Crippen LogP contribution >= 0.6 is 11.6 Å². The summed E-state index contributed by atoms with van der Waals surface area (Å²) in [7, 11) is 0. The number of benzene rings is 1. The van der Waals surface area contributed by atoms with Gasteiger partial charge in [0.15, 0.2) is 0 Å². The summed E-state index contributed by atoms with van der Waals surface area (Å²) >= 11 is 5.85. The number of carbonyl (C=O) groups is 2. The molecule has 1 rings (SSSR count). The molecular weight excluding hydrogens is 254 g/mol. The first-order valence-corrected chi connectivity index (χ1v) is 6.00. The van der Waals surface area contributed by atoms with Crippen molar-refractivity contribution in [3.63, 3.8) is 0 Å². The van der Waals surface area contributed by atoms with Crippen LogP contribution in [0.25, 0.3) is 0 Å². The molecule has 2 N–H and O–H groups in total. The number of halogens is 1. The highest BCUT2D eigenvalue weighted by Gasteiger charge is 2.25. The lowest BCUT2D eigenvalue weighted by molar-refractivity contribution is -0.145. The summed E-state index contributed by atoms with van der Waals surface area (Å²) in [6.07, 6.45) is 0. The largest absolute Gasteiger partial charge is 0.481 e. The fourth-order valence-electron chi connectivity index (χ4n) is 1.42. The van der Waals surface area contributed by atoms with E-state index in [1.54, 1.807) is 25.1 Å². The Morgan fingerprint density at radius 1 is 1.28 bits per heavy atom. The van der Waals surface area contributed by atoms with Gasteiger partial charge in [0, 0.05) is 16.6 Å². The molecular formula is C13H16ClNO3. The quantitative estimate of drug-likeness (QED) is 0.883. The Hall–Kier alpha value is -1.55. The monoisotopic (exact) mass is 269 g/mol. The van der Waals surface area contributed by atoms with Gasteiger partial charge in [0.05, 0.1) is 5.92 Å². The van der Waals surface area contributed by atoms with Crippen LogP contribution < -0.4 is 5.32 Å². The molecule has 0 aromatic heterocycles. The molecule has 0 spiro atoms. The predicted octanol–water partition coefficient (Wildman–Crippen LogP) is 2.94. The summed E-state index contributed by atoms with van der Waals surface area (Å²) in [5.41, 5.74) is 1.49. The molecule has 0 aliphatic rings. The molecule has 0 bridgehead atoms. The number of nitrogens with one attached hydrogen (secondary N) is 1. The van der Waals surface area contributed by atoms with E-state index in [4.69, 9.17) is 16.7 Å². The minimum absolute atomic E-state index is 0.324. The number of aliphatic carboxylic acids is 1. The van der Waals surface area contributed by atoms with Crippen molar-refractivity contribution in [1.29, 1.82) is 0 Å². The van der Waals surface area contributed by atoms with Crippen LogP contribution in [0.2, 0.25) is 5.02 Å². The van der Waals surface area contributed by atoms with Gasteiger partial charge in [-0.3, -0.25) is 9.59 Å². The minimum atomic E-state index is -0.986. The van der Waals surface area contributed by atoms with E-state index in [2.05, 4.69) is 5.32 Å². The number of rotatable bonds is 4. The summed E-state index contributed by atoms with van der Waals surface area (Å²) in [5.74, 6) is -2.65. The number of hydrogen-bond acceptors (Lipinski definition) is 2. The molecule has 0 fully saturated rings. The van der Waals surface area contributed by atoms with Gasteiger partial charge in [0.2, 0.25) is 5.91 Å². The number of aryl methyl sites for hydroxylation is 1. The molecule has 1 aromatic carbocycles. The van der Waals surface area contributed by atoms with Gasteiger partial charge in [-0.2, -0.15) is 0 Å². The van der Waals surface area contributed by atoms with E-state index >= 15 is 0 Å². The first-order valence-electron chi connectivity index (χ1n) is 5.62. The van der Waals surface area contributed by atoms with E-state index in [0.29, 0.717) is 10.7 Å². The van der Waals surface area contributed by atoms with Crippen LogP contribution in [0.4, 0.5) is 5.69 Å². The Morgan fingerprint density at radius 3 is 2.44 bits per heavy atom. The lowest BCUT2D eigenvalue weighted by Gasteiger charge is -2.16. The van der Waals surface area contributed by atoms with Gasteiger partial charge < -0.3 is 10.4 Å². The molecule has 18 heavy (non-hydrogen) atoms. The number of amides is 1. The van der Waals surface area contributed by atoms with Crippen LogP contribution in [0, 0.1) is 18.8 Å². The molecule has 98 valence electrons. The van der Waals surface area contributed by atoms with E-state index in [-0.39, 0.29) is 5.91 Å². The fourth-order valence-corrected chi connectivity index (χ4v) is 1.59. The molecule has 0 heterocycles. The predicted molar refractivity (Wildman–Crippen MR) is 70.8 cm³/mol. The topological polar surface area (TPSA) is 66.4 Å². The number of hydrogen-bond donors (Lipinski definition) is 2. The lowest BCUT2D eigenvalue weighted by Crippen LogP contribution is -2.30. The molecule has 2 unspecified atom stereocenters. The summed E-state index contributed by atoms with van der Waals surface area (Å²) in [4.78, 5) is 22.7. The van der Waals surface area contributed by atoms with Crippen molar-refractivity contribution >= 4 is 29.2 Å². The zero-order valence-electron chi connectivity index (χ0n) is 10.5. The van der Waals surface area contributed by atoms with Gasteiger partial charge in [-0.15, -0.1) is 0 Å². The second-order valence-electron chi connectivity index (χ2n) is 4.36. The third-order valence-electron chi connectivity index (χ3n) is 3.01. The summed E-state index contributed by atoms with van der Waals surface area (Å²) in [6.45, 7) is 4.95. The van der Waals surface area contributed by atoms with Gasteiger partial charge in [0.1, 0.15) is 0 Å². The van der Waals surface area contributed by atoms with Gasteiger partial charge in [-0.25, -0.2) is 0 Å². The molecule has 0 radical (unpaired) electrons. The van der Waals surface area contributed by atoms with E-state index in [1.807, 2.05) is 6.92 Å². The fraction of sp³-hybridized carbons (Fsp3) is 0.385. The number of anilines is 1. The highest BCUT2D eigenvalue weighted by molar-refractivity contribution is 6.31. The molecule has 5 heteroatoms. The maximum atomic E-state index is 11.9. The van der Waals surface area contributed by atoms with Crippen LogP contribution in [-0.2, 0) is 9.59 Å². The third kappa shape index (κ3) is 3.47. The number of carbonyl (C=O) groups excluding carboxylic acids is 1. The Bertz CT molecular complexity index is 473. The second kappa shape index (κ2) is 5.87. The Labute approximate surface area is 111 Å². The summed E-state index contributed by atoms with van der Waals surface area (Å²) in [5, 5.41) is 12.1. The average Bonchev–Trinajstić information content (AvgIpc) is 2.31. The molecule has 1 amide bonds. The van der Waals surface area contributed by atoms with Crippen LogP contribution in [0.15, 0.2) is 18.2 Å². The van der Waals surface area contributed by atoms with E-state index in [9.17, 15) is 9.59 Å². The molecule has 0 aliphatic heterocycles. The van der Waals surface area contributed by atoms with Gasteiger partial charge in [0.25, 0.3) is 0 Å². The molecule has 4 nitrogen and oxygen atoms in total. The van der Waals surface area contributed by atoms with Crippen molar-refractivity contribution in [2.45, 2.75) is 20.8 Å². The highest BCUT2D eigenvalue weighted by atomic mass is 35.5. The molecule has 0 aliphatic carbocycles. The first-order chi connectivity index (χ1) is 8.32. The summed E-state index contributed by atoms with van der Waals surface area (Å²) < 4.78 is 0.